The van der Waals surface area contributed by atoms with Gasteiger partial charge in [-0.25, -0.2) is 8.78 Å². The van der Waals surface area contributed by atoms with Crippen LogP contribution in [-0.2, 0) is 6.18 Å². The summed E-state index contributed by atoms with van der Waals surface area (Å²) in [5.41, 5.74) is -2.96. The van der Waals surface area contributed by atoms with Crippen LogP contribution < -0.4 is 15.0 Å². The fraction of sp³-hybridized carbons (Fsp3) is 0.500. The maximum Gasteiger partial charge on any atom is 0.417 e. The number of fused-ring (bicyclic) bond motifs is 2. The van der Waals surface area contributed by atoms with Crippen LogP contribution in [0.15, 0.2) is 24.4 Å². The highest BCUT2D eigenvalue weighted by atomic mass is 35.5. The molecule has 3 aromatic rings. The molecule has 1 N–H and O–H groups in total. The minimum absolute atomic E-state index is 0.0147. The molecule has 0 saturated carbocycles. The minimum atomic E-state index is -4.79. The van der Waals surface area contributed by atoms with Gasteiger partial charge in [-0.3, -0.25) is 9.88 Å². The zero-order valence-electron chi connectivity index (χ0n) is 22.4. The lowest BCUT2D eigenvalue weighted by atomic mass is 9.95. The average molecular weight is 608 g/mol. The number of piperazine rings is 1. The van der Waals surface area contributed by atoms with E-state index in [4.69, 9.17) is 16.3 Å². The van der Waals surface area contributed by atoms with Crippen molar-refractivity contribution < 1.29 is 26.7 Å². The van der Waals surface area contributed by atoms with Crippen LogP contribution in [0.2, 0.25) is 5.02 Å². The number of hydrogen-bond donors (Lipinski definition) is 1. The smallest absolute Gasteiger partial charge is 0.417 e. The Labute approximate surface area is 243 Å². The third kappa shape index (κ3) is 5.31. The molecule has 6 rings (SSSR count). The Kier molecular flexibility index (Phi) is 7.57. The van der Waals surface area contributed by atoms with Gasteiger partial charge in [0.1, 0.15) is 29.8 Å². The first-order chi connectivity index (χ1) is 20.1. The zero-order chi connectivity index (χ0) is 29.6. The molecule has 1 aromatic carbocycles. The molecule has 0 bridgehead atoms. The molecular formula is C28H27ClF5N7O. The van der Waals surface area contributed by atoms with E-state index in [0.717, 1.165) is 37.6 Å². The molecule has 0 unspecified atom stereocenters. The highest BCUT2D eigenvalue weighted by Gasteiger charge is 2.49. The number of rotatable bonds is 6. The van der Waals surface area contributed by atoms with Crippen molar-refractivity contribution in [2.24, 2.45) is 0 Å². The summed E-state index contributed by atoms with van der Waals surface area (Å²) in [6.45, 7) is 2.51. The van der Waals surface area contributed by atoms with Crippen LogP contribution in [0.25, 0.3) is 22.2 Å². The molecule has 3 aliphatic rings. The molecular weight excluding hydrogens is 581 g/mol. The van der Waals surface area contributed by atoms with Crippen molar-refractivity contribution in [1.82, 2.24) is 25.2 Å². The first-order valence-corrected chi connectivity index (χ1v) is 14.1. The van der Waals surface area contributed by atoms with Gasteiger partial charge in [0.25, 0.3) is 0 Å². The Morgan fingerprint density at radius 1 is 1.21 bits per heavy atom. The molecule has 0 aliphatic carbocycles. The molecule has 8 nitrogen and oxygen atoms in total. The van der Waals surface area contributed by atoms with E-state index < -0.39 is 40.5 Å². The van der Waals surface area contributed by atoms with E-state index in [0.29, 0.717) is 32.6 Å². The monoisotopic (exact) mass is 607 g/mol. The third-order valence-electron chi connectivity index (χ3n) is 8.31. The van der Waals surface area contributed by atoms with Crippen LogP contribution in [-0.4, -0.2) is 76.9 Å². The lowest BCUT2D eigenvalue weighted by molar-refractivity contribution is -0.137. The summed E-state index contributed by atoms with van der Waals surface area (Å²) in [5, 5.41) is 12.6. The highest BCUT2D eigenvalue weighted by molar-refractivity contribution is 6.30. The Morgan fingerprint density at radius 2 is 2.05 bits per heavy atom. The van der Waals surface area contributed by atoms with Crippen molar-refractivity contribution in [3.05, 3.63) is 40.8 Å². The number of nitriles is 1. The second kappa shape index (κ2) is 11.1. The molecule has 5 heterocycles. The standard InChI is InChI=1S/C28H27ClF5N7O/c29-16-2-3-21(28(32,33)34)19(10-16)23-22(31)24-20(12-37-23)25(40-9-7-36-18(14-40)4-6-35)39-26(38-24)42-15-27-5-1-8-41(27)13-17(30)11-27/h2-3,10,12,17-18,36H,1,4-5,7-9,11,13-15H2/t17-,18+,27+/m1/s1. The van der Waals surface area contributed by atoms with Gasteiger partial charge in [0.15, 0.2) is 5.82 Å². The van der Waals surface area contributed by atoms with Gasteiger partial charge in [0.05, 0.1) is 29.0 Å². The second-order valence-electron chi connectivity index (χ2n) is 11.0. The van der Waals surface area contributed by atoms with Crippen molar-refractivity contribution in [2.75, 3.05) is 44.2 Å². The van der Waals surface area contributed by atoms with Crippen LogP contribution >= 0.6 is 11.6 Å². The normalized spacial score (nSPS) is 24.6. The van der Waals surface area contributed by atoms with Crippen molar-refractivity contribution in [3.8, 4) is 23.3 Å². The lowest BCUT2D eigenvalue weighted by Crippen LogP contribution is -2.51. The summed E-state index contributed by atoms with van der Waals surface area (Å²) in [6.07, 6.45) is -2.35. The molecule has 3 aliphatic heterocycles. The van der Waals surface area contributed by atoms with E-state index in [-0.39, 0.29) is 46.8 Å². The lowest BCUT2D eigenvalue weighted by Gasteiger charge is -2.34. The van der Waals surface area contributed by atoms with Gasteiger partial charge in [-0.2, -0.15) is 28.4 Å². The molecule has 0 spiro atoms. The maximum atomic E-state index is 16.2. The first-order valence-electron chi connectivity index (χ1n) is 13.7. The number of hydrogen-bond acceptors (Lipinski definition) is 8. The molecule has 3 atom stereocenters. The third-order valence-corrected chi connectivity index (χ3v) is 8.54. The summed E-state index contributed by atoms with van der Waals surface area (Å²) in [6, 6.07) is 4.67. The van der Waals surface area contributed by atoms with Crippen LogP contribution in [0.5, 0.6) is 6.01 Å². The molecule has 42 heavy (non-hydrogen) atoms. The predicted molar refractivity (Wildman–Crippen MR) is 146 cm³/mol. The van der Waals surface area contributed by atoms with Crippen LogP contribution in [0.4, 0.5) is 27.8 Å². The Balaban J connectivity index is 1.45. The van der Waals surface area contributed by atoms with Crippen LogP contribution in [0.3, 0.4) is 0 Å². The van der Waals surface area contributed by atoms with Gasteiger partial charge in [-0.1, -0.05) is 11.6 Å². The summed E-state index contributed by atoms with van der Waals surface area (Å²) in [7, 11) is 0. The van der Waals surface area contributed by atoms with Gasteiger partial charge < -0.3 is 15.0 Å². The quantitative estimate of drug-likeness (QED) is 0.385. The Morgan fingerprint density at radius 3 is 2.83 bits per heavy atom. The van der Waals surface area contributed by atoms with Crippen molar-refractivity contribution in [2.45, 2.75) is 49.6 Å². The number of halogens is 6. The summed E-state index contributed by atoms with van der Waals surface area (Å²) in [4.78, 5) is 16.9. The Hall–Kier alpha value is -3.34. The molecule has 14 heteroatoms. The van der Waals surface area contributed by atoms with E-state index in [9.17, 15) is 22.8 Å². The fourth-order valence-corrected chi connectivity index (χ4v) is 6.56. The topological polar surface area (TPSA) is 90.2 Å². The molecule has 0 amide bonds. The molecule has 3 fully saturated rings. The Bertz CT molecular complexity index is 1550. The molecule has 2 aromatic heterocycles. The molecule has 0 radical (unpaired) electrons. The number of ether oxygens (including phenoxy) is 1. The minimum Gasteiger partial charge on any atom is -0.461 e. The van der Waals surface area contributed by atoms with E-state index in [1.807, 2.05) is 4.90 Å². The summed E-state index contributed by atoms with van der Waals surface area (Å²) in [5.74, 6) is -0.794. The first kappa shape index (κ1) is 28.8. The fourth-order valence-electron chi connectivity index (χ4n) is 6.39. The van der Waals surface area contributed by atoms with Gasteiger partial charge in [0.2, 0.25) is 0 Å². The largest absolute Gasteiger partial charge is 0.461 e. The van der Waals surface area contributed by atoms with Crippen LogP contribution in [0.1, 0.15) is 31.2 Å². The van der Waals surface area contributed by atoms with E-state index in [1.54, 1.807) is 0 Å². The van der Waals surface area contributed by atoms with Gasteiger partial charge >= 0.3 is 12.2 Å². The van der Waals surface area contributed by atoms with Crippen molar-refractivity contribution in [1.29, 1.82) is 5.26 Å². The zero-order valence-corrected chi connectivity index (χ0v) is 23.2. The number of benzene rings is 1. The highest BCUT2D eigenvalue weighted by Crippen LogP contribution is 2.42. The van der Waals surface area contributed by atoms with Gasteiger partial charge in [0, 0.05) is 55.4 Å². The predicted octanol–water partition coefficient (Wildman–Crippen LogP) is 5.15. The maximum absolute atomic E-state index is 16.2. The summed E-state index contributed by atoms with van der Waals surface area (Å²) < 4.78 is 78.2. The second-order valence-corrected chi connectivity index (χ2v) is 11.5. The van der Waals surface area contributed by atoms with Crippen molar-refractivity contribution in [3.63, 3.8) is 0 Å². The van der Waals surface area contributed by atoms with Gasteiger partial charge in [-0.05, 0) is 37.6 Å². The number of anilines is 1. The number of nitrogens with zero attached hydrogens (tertiary/aromatic N) is 6. The summed E-state index contributed by atoms with van der Waals surface area (Å²) >= 11 is 6.01. The van der Waals surface area contributed by atoms with E-state index in [2.05, 4.69) is 31.2 Å². The van der Waals surface area contributed by atoms with E-state index in [1.165, 1.54) is 6.20 Å². The number of aromatic nitrogens is 3. The van der Waals surface area contributed by atoms with Crippen molar-refractivity contribution >= 4 is 28.3 Å². The molecule has 222 valence electrons. The average Bonchev–Trinajstić information content (AvgIpc) is 3.47. The van der Waals surface area contributed by atoms with Gasteiger partial charge in [-0.15, -0.1) is 0 Å². The van der Waals surface area contributed by atoms with Crippen LogP contribution in [0, 0.1) is 17.1 Å². The number of alkyl halides is 4. The molecule has 3 saturated heterocycles. The number of pyridine rings is 1. The SMILES string of the molecule is N#CC[C@H]1CN(c2nc(OC[C@@]34CCCN3C[C@H](F)C4)nc3c(F)c(-c4cc(Cl)ccc4C(F)(F)F)ncc23)CCN1. The number of nitrogens with one attached hydrogen (secondary N) is 1. The van der Waals surface area contributed by atoms with E-state index >= 15 is 4.39 Å².